The highest BCUT2D eigenvalue weighted by Gasteiger charge is 2.14. The van der Waals surface area contributed by atoms with E-state index in [1.165, 1.54) is 19.4 Å². The van der Waals surface area contributed by atoms with Crippen LogP contribution in [0.4, 0.5) is 0 Å². The lowest BCUT2D eigenvalue weighted by Crippen LogP contribution is -2.23. The predicted octanol–water partition coefficient (Wildman–Crippen LogP) is 0.659. The summed E-state index contributed by atoms with van der Waals surface area (Å²) in [5, 5.41) is 8.49. The summed E-state index contributed by atoms with van der Waals surface area (Å²) >= 11 is 1.78. The zero-order valence-corrected chi connectivity index (χ0v) is 8.55. The van der Waals surface area contributed by atoms with Gasteiger partial charge < -0.3 is 5.32 Å². The van der Waals surface area contributed by atoms with Gasteiger partial charge in [0.25, 0.3) is 0 Å². The van der Waals surface area contributed by atoms with Gasteiger partial charge >= 0.3 is 0 Å². The highest BCUT2D eigenvalue weighted by molar-refractivity contribution is 7.99. The van der Waals surface area contributed by atoms with Gasteiger partial charge in [0.05, 0.1) is 0 Å². The van der Waals surface area contributed by atoms with Gasteiger partial charge in [0, 0.05) is 18.8 Å². The summed E-state index contributed by atoms with van der Waals surface area (Å²) in [7, 11) is 1.93. The van der Waals surface area contributed by atoms with E-state index in [0.29, 0.717) is 6.04 Å². The Balaban J connectivity index is 1.82. The minimum absolute atomic E-state index is 0.668. The minimum Gasteiger partial charge on any atom is -0.313 e. The van der Waals surface area contributed by atoms with Crippen LogP contribution in [0.1, 0.15) is 12.8 Å². The third kappa shape index (κ3) is 2.22. The van der Waals surface area contributed by atoms with Crippen LogP contribution < -0.4 is 5.32 Å². The first kappa shape index (κ1) is 9.02. The van der Waals surface area contributed by atoms with Gasteiger partial charge in [-0.15, -0.1) is 0 Å². The molecule has 0 amide bonds. The van der Waals surface area contributed by atoms with Crippen LogP contribution in [0.2, 0.25) is 0 Å². The van der Waals surface area contributed by atoms with Crippen LogP contribution in [0.25, 0.3) is 0 Å². The number of nitrogens with zero attached hydrogens (tertiary/aromatic N) is 3. The molecule has 1 fully saturated rings. The zero-order chi connectivity index (χ0) is 9.10. The number of hydrogen-bond donors (Lipinski definition) is 1. The van der Waals surface area contributed by atoms with Crippen molar-refractivity contribution >= 4 is 11.8 Å². The zero-order valence-electron chi connectivity index (χ0n) is 7.73. The molecule has 2 rings (SSSR count). The van der Waals surface area contributed by atoms with Crippen molar-refractivity contribution in [2.75, 3.05) is 12.3 Å². The molecule has 1 atom stereocenters. The van der Waals surface area contributed by atoms with Crippen LogP contribution >= 0.6 is 11.8 Å². The molecular weight excluding hydrogens is 184 g/mol. The van der Waals surface area contributed by atoms with Crippen LogP contribution in [-0.4, -0.2) is 33.1 Å². The predicted molar refractivity (Wildman–Crippen MR) is 52.8 cm³/mol. The van der Waals surface area contributed by atoms with Crippen molar-refractivity contribution in [1.29, 1.82) is 0 Å². The average Bonchev–Trinajstić information content (AvgIpc) is 2.72. The standard InChI is InChI=1S/C8H14N4S/c1-12-8(10-6-11-12)13-5-7-3-2-4-9-7/h6-7,9H,2-5H2,1H3/t7-/m1/s1. The van der Waals surface area contributed by atoms with E-state index in [-0.39, 0.29) is 0 Å². The van der Waals surface area contributed by atoms with Crippen LogP contribution in [-0.2, 0) is 7.05 Å². The summed E-state index contributed by atoms with van der Waals surface area (Å²) in [4.78, 5) is 4.16. The van der Waals surface area contributed by atoms with E-state index in [1.54, 1.807) is 18.1 Å². The summed E-state index contributed by atoms with van der Waals surface area (Å²) in [6.45, 7) is 1.17. The van der Waals surface area contributed by atoms with Crippen molar-refractivity contribution in [2.24, 2.45) is 7.05 Å². The van der Waals surface area contributed by atoms with Crippen molar-refractivity contribution in [3.63, 3.8) is 0 Å². The SMILES string of the molecule is Cn1ncnc1SC[C@H]1CCCN1. The minimum atomic E-state index is 0.668. The summed E-state index contributed by atoms with van der Waals surface area (Å²) in [5.74, 6) is 1.10. The largest absolute Gasteiger partial charge is 0.313 e. The second-order valence-electron chi connectivity index (χ2n) is 3.27. The highest BCUT2D eigenvalue weighted by atomic mass is 32.2. The third-order valence-corrected chi connectivity index (χ3v) is 3.44. The number of rotatable bonds is 3. The Labute approximate surface area is 82.1 Å². The van der Waals surface area contributed by atoms with Gasteiger partial charge in [-0.3, -0.25) is 0 Å². The molecule has 0 unspecified atom stereocenters. The van der Waals surface area contributed by atoms with Crippen molar-refractivity contribution in [1.82, 2.24) is 20.1 Å². The van der Waals surface area contributed by atoms with Gasteiger partial charge in [-0.25, -0.2) is 9.67 Å². The van der Waals surface area contributed by atoms with E-state index in [4.69, 9.17) is 0 Å². The lowest BCUT2D eigenvalue weighted by Gasteiger charge is -2.07. The molecule has 1 aromatic rings. The molecule has 0 radical (unpaired) electrons. The van der Waals surface area contributed by atoms with E-state index < -0.39 is 0 Å². The Morgan fingerprint density at radius 1 is 1.77 bits per heavy atom. The number of nitrogens with one attached hydrogen (secondary N) is 1. The van der Waals surface area contributed by atoms with E-state index in [1.807, 2.05) is 11.7 Å². The fourth-order valence-electron chi connectivity index (χ4n) is 1.49. The monoisotopic (exact) mass is 198 g/mol. The Bertz CT molecular complexity index is 267. The number of aromatic nitrogens is 3. The molecule has 0 aliphatic carbocycles. The summed E-state index contributed by atoms with van der Waals surface area (Å²) in [6.07, 6.45) is 4.21. The topological polar surface area (TPSA) is 42.7 Å². The third-order valence-electron chi connectivity index (χ3n) is 2.25. The summed E-state index contributed by atoms with van der Waals surface area (Å²) in [6, 6.07) is 0.668. The van der Waals surface area contributed by atoms with Crippen LogP contribution in [0, 0.1) is 0 Å². The van der Waals surface area contributed by atoms with E-state index in [9.17, 15) is 0 Å². The molecule has 1 aliphatic heterocycles. The first-order chi connectivity index (χ1) is 6.36. The summed E-state index contributed by atoms with van der Waals surface area (Å²) in [5.41, 5.74) is 0. The van der Waals surface area contributed by atoms with Gasteiger partial charge in [0.2, 0.25) is 0 Å². The maximum absolute atomic E-state index is 4.16. The molecule has 1 saturated heterocycles. The molecule has 0 bridgehead atoms. The van der Waals surface area contributed by atoms with Gasteiger partial charge in [0.15, 0.2) is 5.16 Å². The van der Waals surface area contributed by atoms with Crippen molar-refractivity contribution in [3.8, 4) is 0 Å². The van der Waals surface area contributed by atoms with E-state index >= 15 is 0 Å². The average molecular weight is 198 g/mol. The molecule has 4 nitrogen and oxygen atoms in total. The number of thioether (sulfide) groups is 1. The lowest BCUT2D eigenvalue weighted by atomic mass is 10.3. The first-order valence-electron chi connectivity index (χ1n) is 4.56. The normalized spacial score (nSPS) is 22.4. The first-order valence-corrected chi connectivity index (χ1v) is 5.55. The molecule has 0 saturated carbocycles. The highest BCUT2D eigenvalue weighted by Crippen LogP contribution is 2.17. The molecular formula is C8H14N4S. The molecule has 0 spiro atoms. The van der Waals surface area contributed by atoms with Crippen molar-refractivity contribution in [2.45, 2.75) is 24.0 Å². The summed E-state index contributed by atoms with van der Waals surface area (Å²) < 4.78 is 1.82. The maximum atomic E-state index is 4.16. The Morgan fingerprint density at radius 2 is 2.69 bits per heavy atom. The molecule has 1 N–H and O–H groups in total. The fraction of sp³-hybridized carbons (Fsp3) is 0.750. The second kappa shape index (κ2) is 4.11. The van der Waals surface area contributed by atoms with Crippen LogP contribution in [0.3, 0.4) is 0 Å². The van der Waals surface area contributed by atoms with Crippen molar-refractivity contribution in [3.05, 3.63) is 6.33 Å². The van der Waals surface area contributed by atoms with Crippen LogP contribution in [0.15, 0.2) is 11.5 Å². The lowest BCUT2D eigenvalue weighted by molar-refractivity contribution is 0.662. The molecule has 5 heteroatoms. The van der Waals surface area contributed by atoms with E-state index in [0.717, 1.165) is 10.9 Å². The van der Waals surface area contributed by atoms with Crippen LogP contribution in [0.5, 0.6) is 0 Å². The molecule has 0 aromatic carbocycles. The van der Waals surface area contributed by atoms with Gasteiger partial charge in [-0.1, -0.05) is 11.8 Å². The second-order valence-corrected chi connectivity index (χ2v) is 4.26. The van der Waals surface area contributed by atoms with Crippen molar-refractivity contribution < 1.29 is 0 Å². The molecule has 2 heterocycles. The number of hydrogen-bond acceptors (Lipinski definition) is 4. The Hall–Kier alpha value is -0.550. The smallest absolute Gasteiger partial charge is 0.185 e. The Morgan fingerprint density at radius 3 is 3.31 bits per heavy atom. The molecule has 1 aromatic heterocycles. The molecule has 72 valence electrons. The number of aryl methyl sites for hydroxylation is 1. The Kier molecular flexibility index (Phi) is 2.85. The van der Waals surface area contributed by atoms with Gasteiger partial charge in [-0.2, -0.15) is 5.10 Å². The molecule has 1 aliphatic rings. The van der Waals surface area contributed by atoms with Gasteiger partial charge in [-0.05, 0) is 19.4 Å². The quantitative estimate of drug-likeness (QED) is 0.725. The van der Waals surface area contributed by atoms with Gasteiger partial charge in [0.1, 0.15) is 6.33 Å². The van der Waals surface area contributed by atoms with E-state index in [2.05, 4.69) is 15.4 Å². The molecule has 13 heavy (non-hydrogen) atoms. The fourth-order valence-corrected chi connectivity index (χ4v) is 2.48. The maximum Gasteiger partial charge on any atom is 0.185 e.